The maximum Gasteiger partial charge on any atom is 0.203 e. The third kappa shape index (κ3) is 1.68. The van der Waals surface area contributed by atoms with Crippen molar-refractivity contribution in [1.29, 1.82) is 0 Å². The maximum absolute atomic E-state index is 13.7. The highest BCUT2D eigenvalue weighted by Gasteiger charge is 2.25. The van der Waals surface area contributed by atoms with Gasteiger partial charge in [0.15, 0.2) is 0 Å². The van der Waals surface area contributed by atoms with Gasteiger partial charge in [0.25, 0.3) is 0 Å². The molecule has 0 atom stereocenters. The van der Waals surface area contributed by atoms with E-state index in [9.17, 15) is 9.50 Å². The van der Waals surface area contributed by atoms with Gasteiger partial charge in [0, 0.05) is 17.6 Å². The summed E-state index contributed by atoms with van der Waals surface area (Å²) in [7, 11) is 0. The largest absolute Gasteiger partial charge is 0.494 e. The molecule has 1 aliphatic rings. The minimum absolute atomic E-state index is 0.155. The number of anilines is 1. The van der Waals surface area contributed by atoms with Crippen LogP contribution in [-0.4, -0.2) is 14.7 Å². The van der Waals surface area contributed by atoms with E-state index in [-0.39, 0.29) is 11.7 Å². The first-order valence-electron chi connectivity index (χ1n) is 6.84. The maximum atomic E-state index is 13.7. The molecular weight excluding hydrogens is 337 g/mol. The molecule has 0 aliphatic heterocycles. The van der Waals surface area contributed by atoms with Crippen LogP contribution in [0.15, 0.2) is 22.8 Å². The van der Waals surface area contributed by atoms with E-state index in [1.807, 2.05) is 10.8 Å². The molecule has 0 radical (unpaired) electrons. The van der Waals surface area contributed by atoms with Crippen molar-refractivity contribution in [2.45, 2.75) is 25.3 Å². The molecule has 0 amide bonds. The molecule has 4 rings (SSSR count). The van der Waals surface area contributed by atoms with E-state index in [0.717, 1.165) is 12.8 Å². The zero-order valence-electron chi connectivity index (χ0n) is 11.1. The standard InChI is InChI=1S/C15H13BrFN3O/c16-12-9(17)5-4-8-13(18)11-10(19-14(8)12)6-20(15(11)21)7-2-1-3-7/h4-7,21H,1-3,18H2. The summed E-state index contributed by atoms with van der Waals surface area (Å²) in [4.78, 5) is 4.47. The predicted molar refractivity (Wildman–Crippen MR) is 83.9 cm³/mol. The summed E-state index contributed by atoms with van der Waals surface area (Å²) in [5.41, 5.74) is 7.70. The van der Waals surface area contributed by atoms with Crippen molar-refractivity contribution in [3.05, 3.63) is 28.6 Å². The number of hydrogen-bond donors (Lipinski definition) is 2. The van der Waals surface area contributed by atoms with E-state index in [1.54, 1.807) is 6.07 Å². The second-order valence-corrected chi connectivity index (χ2v) is 6.28. The summed E-state index contributed by atoms with van der Waals surface area (Å²) in [6.45, 7) is 0. The molecule has 2 aromatic heterocycles. The van der Waals surface area contributed by atoms with E-state index >= 15 is 0 Å². The van der Waals surface area contributed by atoms with E-state index in [1.165, 1.54) is 12.5 Å². The van der Waals surface area contributed by atoms with Gasteiger partial charge in [-0.05, 0) is 47.3 Å². The highest BCUT2D eigenvalue weighted by atomic mass is 79.9. The van der Waals surface area contributed by atoms with Crippen LogP contribution in [0.4, 0.5) is 10.1 Å². The van der Waals surface area contributed by atoms with E-state index in [2.05, 4.69) is 20.9 Å². The van der Waals surface area contributed by atoms with Gasteiger partial charge >= 0.3 is 0 Å². The lowest BCUT2D eigenvalue weighted by Crippen LogP contribution is -2.15. The molecule has 4 nitrogen and oxygen atoms in total. The minimum atomic E-state index is -0.378. The summed E-state index contributed by atoms with van der Waals surface area (Å²) < 4.78 is 15.8. The number of pyridine rings is 1. The van der Waals surface area contributed by atoms with Crippen LogP contribution < -0.4 is 5.73 Å². The highest BCUT2D eigenvalue weighted by molar-refractivity contribution is 9.10. The fourth-order valence-electron chi connectivity index (χ4n) is 2.91. The zero-order valence-corrected chi connectivity index (χ0v) is 12.7. The second kappa shape index (κ2) is 4.34. The van der Waals surface area contributed by atoms with Crippen LogP contribution in [0.1, 0.15) is 25.3 Å². The van der Waals surface area contributed by atoms with Crippen LogP contribution in [0, 0.1) is 5.82 Å². The molecule has 21 heavy (non-hydrogen) atoms. The number of nitrogens with zero attached hydrogens (tertiary/aromatic N) is 2. The van der Waals surface area contributed by atoms with E-state index < -0.39 is 0 Å². The van der Waals surface area contributed by atoms with Gasteiger partial charge in [-0.2, -0.15) is 0 Å². The summed E-state index contributed by atoms with van der Waals surface area (Å²) >= 11 is 3.22. The summed E-state index contributed by atoms with van der Waals surface area (Å²) in [6, 6.07) is 3.25. The number of rotatable bonds is 1. The fourth-order valence-corrected chi connectivity index (χ4v) is 3.34. The molecule has 0 bridgehead atoms. The topological polar surface area (TPSA) is 64.1 Å². The molecule has 2 heterocycles. The van der Waals surface area contributed by atoms with Gasteiger partial charge in [0.05, 0.1) is 26.6 Å². The molecule has 1 fully saturated rings. The Balaban J connectivity index is 2.10. The zero-order chi connectivity index (χ0) is 14.7. The summed E-state index contributed by atoms with van der Waals surface area (Å²) in [5.74, 6) is -0.224. The van der Waals surface area contributed by atoms with Crippen molar-refractivity contribution in [3.8, 4) is 5.88 Å². The van der Waals surface area contributed by atoms with Crippen molar-refractivity contribution in [3.63, 3.8) is 0 Å². The van der Waals surface area contributed by atoms with Crippen LogP contribution in [0.3, 0.4) is 0 Å². The van der Waals surface area contributed by atoms with Crippen LogP contribution in [-0.2, 0) is 0 Å². The lowest BCUT2D eigenvalue weighted by Gasteiger charge is -2.27. The van der Waals surface area contributed by atoms with Crippen LogP contribution in [0.2, 0.25) is 0 Å². The SMILES string of the molecule is Nc1c2ccc(F)c(Br)c2nc2cn(C3CCC3)c(O)c12. The third-order valence-electron chi connectivity index (χ3n) is 4.31. The number of aromatic nitrogens is 2. The quantitative estimate of drug-likeness (QED) is 0.694. The summed E-state index contributed by atoms with van der Waals surface area (Å²) in [5, 5.41) is 11.6. The Morgan fingerprint density at radius 2 is 2.14 bits per heavy atom. The Morgan fingerprint density at radius 3 is 2.81 bits per heavy atom. The molecule has 0 spiro atoms. The molecular formula is C15H13BrFN3O. The first-order valence-corrected chi connectivity index (χ1v) is 7.64. The molecule has 1 saturated carbocycles. The molecule has 1 aromatic carbocycles. The number of aromatic hydroxyl groups is 1. The Bertz CT molecular complexity index is 886. The van der Waals surface area contributed by atoms with Crippen molar-refractivity contribution in [2.75, 3.05) is 5.73 Å². The van der Waals surface area contributed by atoms with Gasteiger partial charge in [0.2, 0.25) is 5.88 Å². The van der Waals surface area contributed by atoms with Gasteiger partial charge in [-0.1, -0.05) is 0 Å². The van der Waals surface area contributed by atoms with Crippen LogP contribution in [0.25, 0.3) is 21.8 Å². The molecule has 1 aliphatic carbocycles. The molecule has 3 aromatic rings. The number of nitrogen functional groups attached to an aromatic ring is 1. The van der Waals surface area contributed by atoms with Crippen molar-refractivity contribution >= 4 is 43.4 Å². The molecule has 6 heteroatoms. The van der Waals surface area contributed by atoms with Gasteiger partial charge < -0.3 is 15.4 Å². The fraction of sp³-hybridized carbons (Fsp3) is 0.267. The average Bonchev–Trinajstić information content (AvgIpc) is 2.71. The van der Waals surface area contributed by atoms with Gasteiger partial charge in [-0.15, -0.1) is 0 Å². The lowest BCUT2D eigenvalue weighted by atomic mass is 9.93. The van der Waals surface area contributed by atoms with Gasteiger partial charge in [-0.25, -0.2) is 9.37 Å². The van der Waals surface area contributed by atoms with Gasteiger partial charge in [0.1, 0.15) is 5.82 Å². The van der Waals surface area contributed by atoms with E-state index in [4.69, 9.17) is 5.73 Å². The molecule has 0 saturated heterocycles. The van der Waals surface area contributed by atoms with Crippen molar-refractivity contribution in [1.82, 2.24) is 9.55 Å². The average molecular weight is 350 g/mol. The monoisotopic (exact) mass is 349 g/mol. The first kappa shape index (κ1) is 12.9. The number of halogens is 2. The molecule has 3 N–H and O–H groups in total. The van der Waals surface area contributed by atoms with Crippen LogP contribution >= 0.6 is 15.9 Å². The van der Waals surface area contributed by atoms with Crippen LogP contribution in [0.5, 0.6) is 5.88 Å². The first-order chi connectivity index (χ1) is 10.1. The Morgan fingerprint density at radius 1 is 1.38 bits per heavy atom. The predicted octanol–water partition coefficient (Wildman–Crippen LogP) is 4.10. The smallest absolute Gasteiger partial charge is 0.203 e. The van der Waals surface area contributed by atoms with Crippen molar-refractivity contribution < 1.29 is 9.50 Å². The normalized spacial score (nSPS) is 15.7. The highest BCUT2D eigenvalue weighted by Crippen LogP contribution is 2.42. The second-order valence-electron chi connectivity index (χ2n) is 5.49. The number of fused-ring (bicyclic) bond motifs is 2. The van der Waals surface area contributed by atoms with Gasteiger partial charge in [-0.3, -0.25) is 0 Å². The van der Waals surface area contributed by atoms with E-state index in [0.29, 0.717) is 38.0 Å². The summed E-state index contributed by atoms with van der Waals surface area (Å²) in [6.07, 6.45) is 5.07. The Hall–Kier alpha value is -1.82. The Kier molecular flexibility index (Phi) is 2.66. The third-order valence-corrected chi connectivity index (χ3v) is 5.07. The molecule has 108 valence electrons. The Labute approximate surface area is 128 Å². The number of hydrogen-bond acceptors (Lipinski definition) is 3. The minimum Gasteiger partial charge on any atom is -0.494 e. The molecule has 0 unspecified atom stereocenters. The number of nitrogens with two attached hydrogens (primary N) is 1. The lowest BCUT2D eigenvalue weighted by molar-refractivity contribution is 0.283. The number of benzene rings is 1. The van der Waals surface area contributed by atoms with Crippen molar-refractivity contribution in [2.24, 2.45) is 0 Å².